The highest BCUT2D eigenvalue weighted by molar-refractivity contribution is 7.17. The lowest BCUT2D eigenvalue weighted by atomic mass is 9.54. The number of rotatable bonds is 4. The van der Waals surface area contributed by atoms with Crippen molar-refractivity contribution in [1.82, 2.24) is 0 Å². The minimum Gasteiger partial charge on any atom is -0.378 e. The van der Waals surface area contributed by atoms with Crippen LogP contribution in [0.4, 0.5) is 11.4 Å². The molecule has 2 spiro atoms. The second-order valence-corrected chi connectivity index (χ2v) is 14.9. The van der Waals surface area contributed by atoms with Crippen molar-refractivity contribution in [3.05, 3.63) is 141 Å². The van der Waals surface area contributed by atoms with Gasteiger partial charge in [-0.1, -0.05) is 72.9 Å². The maximum absolute atomic E-state index is 9.70. The van der Waals surface area contributed by atoms with E-state index < -0.39 is 10.8 Å². The quantitative estimate of drug-likeness (QED) is 0.199. The lowest BCUT2D eigenvalue weighted by molar-refractivity contribution is 0.484. The number of hydrogen-bond donors (Lipinski definition) is 0. The van der Waals surface area contributed by atoms with E-state index in [-0.39, 0.29) is 11.1 Å². The number of anilines is 2. The summed E-state index contributed by atoms with van der Waals surface area (Å²) in [5, 5.41) is 38.8. The minimum atomic E-state index is -0.740. The molecule has 0 saturated carbocycles. The summed E-state index contributed by atoms with van der Waals surface area (Å²) in [6, 6.07) is 29.9. The molecule has 2 aromatic heterocycles. The first kappa shape index (κ1) is 32.4. The fourth-order valence-electron chi connectivity index (χ4n) is 6.91. The Morgan fingerprint density at radius 3 is 1.12 bits per heavy atom. The van der Waals surface area contributed by atoms with Crippen LogP contribution < -0.4 is 9.80 Å². The molecule has 0 amide bonds. The normalized spacial score (nSPS) is 19.3. The molecule has 0 saturated heterocycles. The molecule has 2 heterocycles. The Balaban J connectivity index is 1.52. The zero-order valence-corrected chi connectivity index (χ0v) is 29.5. The molecule has 0 fully saturated rings. The number of fused-ring (bicyclic) bond motifs is 6. The van der Waals surface area contributed by atoms with Crippen LogP contribution in [-0.4, -0.2) is 28.2 Å². The first-order valence-corrected chi connectivity index (χ1v) is 17.5. The van der Waals surface area contributed by atoms with Gasteiger partial charge in [0.15, 0.2) is 0 Å². The smallest absolute Gasteiger partial charge is 0.136 e. The van der Waals surface area contributed by atoms with Gasteiger partial charge in [0.05, 0.1) is 10.8 Å². The fraction of sp³-hybridized carbons (Fsp3) is 0.143. The van der Waals surface area contributed by atoms with Crippen LogP contribution >= 0.6 is 22.7 Å². The number of nitriles is 4. The van der Waals surface area contributed by atoms with Gasteiger partial charge in [-0.25, -0.2) is 0 Å². The van der Waals surface area contributed by atoms with Crippen molar-refractivity contribution in [2.75, 3.05) is 38.0 Å². The van der Waals surface area contributed by atoms with Crippen LogP contribution in [0.25, 0.3) is 32.0 Å². The van der Waals surface area contributed by atoms with E-state index in [4.69, 9.17) is 0 Å². The van der Waals surface area contributed by atoms with Crippen molar-refractivity contribution in [2.24, 2.45) is 0 Å². The van der Waals surface area contributed by atoms with Gasteiger partial charge in [0, 0.05) is 70.2 Å². The molecule has 50 heavy (non-hydrogen) atoms. The van der Waals surface area contributed by atoms with Gasteiger partial charge in [-0.15, -0.1) is 22.7 Å². The molecule has 0 bridgehead atoms. The highest BCUT2D eigenvalue weighted by atomic mass is 32.1. The fourth-order valence-corrected chi connectivity index (χ4v) is 9.71. The zero-order valence-electron chi connectivity index (χ0n) is 27.9. The van der Waals surface area contributed by atoms with Gasteiger partial charge in [0.1, 0.15) is 35.4 Å². The lowest BCUT2D eigenvalue weighted by Gasteiger charge is -2.49. The third kappa shape index (κ3) is 4.94. The molecule has 2 aromatic carbocycles. The van der Waals surface area contributed by atoms with Gasteiger partial charge < -0.3 is 9.80 Å². The first-order chi connectivity index (χ1) is 24.2. The summed E-state index contributed by atoms with van der Waals surface area (Å²) in [5.41, 5.74) is 6.49. The highest BCUT2D eigenvalue weighted by Crippen LogP contribution is 2.64. The molecule has 0 N–H and O–H groups in total. The van der Waals surface area contributed by atoms with Crippen molar-refractivity contribution in [1.29, 1.82) is 21.0 Å². The second kappa shape index (κ2) is 12.4. The predicted octanol–water partition coefficient (Wildman–Crippen LogP) is 9.37. The number of hydrogen-bond acceptors (Lipinski definition) is 8. The van der Waals surface area contributed by atoms with Crippen LogP contribution in [-0.2, 0) is 10.8 Å². The third-order valence-corrected chi connectivity index (χ3v) is 12.3. The van der Waals surface area contributed by atoms with E-state index in [9.17, 15) is 21.0 Å². The molecule has 0 atom stereocenters. The molecule has 240 valence electrons. The van der Waals surface area contributed by atoms with E-state index in [0.717, 1.165) is 53.1 Å². The Hall–Kier alpha value is -6.16. The van der Waals surface area contributed by atoms with Gasteiger partial charge in [-0.2, -0.15) is 21.0 Å². The molecule has 0 aliphatic heterocycles. The van der Waals surface area contributed by atoms with E-state index in [2.05, 4.69) is 94.8 Å². The number of thiophene rings is 2. The highest BCUT2D eigenvalue weighted by Gasteiger charge is 2.56. The monoisotopic (exact) mass is 682 g/mol. The van der Waals surface area contributed by atoms with E-state index in [1.807, 2.05) is 76.8 Å². The van der Waals surface area contributed by atoms with Crippen LogP contribution in [0, 0.1) is 45.3 Å². The van der Waals surface area contributed by atoms with E-state index >= 15 is 0 Å². The summed E-state index contributed by atoms with van der Waals surface area (Å²) in [4.78, 5) is 8.69. The SMILES string of the molecule is CN(C)c1ccc(-c2cc3c(s2)C2(C=CC(=C(C#N)C#N)C=C2)C2(C=CC(=C(C#N)C#N)C=C2)c2sc(-c4ccc(N(C)C)cc4)cc2-3)cc1. The summed E-state index contributed by atoms with van der Waals surface area (Å²) in [6.45, 7) is 0. The summed E-state index contributed by atoms with van der Waals surface area (Å²) >= 11 is 3.48. The van der Waals surface area contributed by atoms with E-state index in [0.29, 0.717) is 11.1 Å². The van der Waals surface area contributed by atoms with Crippen molar-refractivity contribution in [3.63, 3.8) is 0 Å². The maximum atomic E-state index is 9.70. The lowest BCUT2D eigenvalue weighted by Crippen LogP contribution is -2.47. The van der Waals surface area contributed by atoms with Crippen molar-refractivity contribution >= 4 is 34.0 Å². The predicted molar refractivity (Wildman–Crippen MR) is 204 cm³/mol. The van der Waals surface area contributed by atoms with Gasteiger partial charge in [0.25, 0.3) is 0 Å². The molecule has 7 rings (SSSR count). The molecule has 0 unspecified atom stereocenters. The second-order valence-electron chi connectivity index (χ2n) is 12.8. The molecule has 8 heteroatoms. The number of nitrogens with zero attached hydrogens (tertiary/aromatic N) is 6. The molecule has 4 aromatic rings. The summed E-state index contributed by atoms with van der Waals surface area (Å²) in [5.74, 6) is 0. The summed E-state index contributed by atoms with van der Waals surface area (Å²) in [6.07, 6.45) is 16.1. The Morgan fingerprint density at radius 1 is 0.520 bits per heavy atom. The zero-order chi connectivity index (χ0) is 35.2. The van der Waals surface area contributed by atoms with E-state index in [1.165, 1.54) is 0 Å². The number of allylic oxidation sites excluding steroid dienone is 12. The summed E-state index contributed by atoms with van der Waals surface area (Å²) in [7, 11) is 8.12. The van der Waals surface area contributed by atoms with Crippen LogP contribution in [0.5, 0.6) is 0 Å². The average Bonchev–Trinajstić information content (AvgIpc) is 3.80. The van der Waals surface area contributed by atoms with Gasteiger partial charge in [-0.05, 0) is 58.7 Å². The van der Waals surface area contributed by atoms with Gasteiger partial charge in [0.2, 0.25) is 0 Å². The van der Waals surface area contributed by atoms with Crippen LogP contribution in [0.1, 0.15) is 9.75 Å². The molecular formula is C42H30N6S2. The molecule has 3 aliphatic carbocycles. The number of benzene rings is 2. The Kier molecular flexibility index (Phi) is 8.02. The molecular weight excluding hydrogens is 653 g/mol. The standard InChI is InChI=1S/C42H30N6S2/c1-47(2)33-9-5-29(6-10-33)37-21-35-36-22-38(30-7-11-34(12-8-30)48(3)4)50-40(36)42(19-15-28(16-20-42)32(25-45)26-46)41(39(35)49-37)17-13-27(14-18-41)31(23-43)24-44/h5-22H,1-4H3. The Labute approximate surface area is 300 Å². The van der Waals surface area contributed by atoms with Gasteiger partial charge >= 0.3 is 0 Å². The minimum absolute atomic E-state index is 0.0539. The largest absolute Gasteiger partial charge is 0.378 e. The van der Waals surface area contributed by atoms with Crippen LogP contribution in [0.3, 0.4) is 0 Å². The molecule has 3 aliphatic rings. The van der Waals surface area contributed by atoms with Crippen molar-refractivity contribution in [3.8, 4) is 56.3 Å². The molecule has 6 nitrogen and oxygen atoms in total. The van der Waals surface area contributed by atoms with E-state index in [1.54, 1.807) is 22.7 Å². The molecule has 0 radical (unpaired) electrons. The van der Waals surface area contributed by atoms with Crippen molar-refractivity contribution in [2.45, 2.75) is 10.8 Å². The Morgan fingerprint density at radius 2 is 0.840 bits per heavy atom. The van der Waals surface area contributed by atoms with Crippen LogP contribution in [0.2, 0.25) is 0 Å². The maximum Gasteiger partial charge on any atom is 0.136 e. The third-order valence-electron chi connectivity index (χ3n) is 9.65. The topological polar surface area (TPSA) is 102 Å². The van der Waals surface area contributed by atoms with Gasteiger partial charge in [-0.3, -0.25) is 0 Å². The first-order valence-electron chi connectivity index (χ1n) is 15.9. The van der Waals surface area contributed by atoms with Crippen LogP contribution in [0.15, 0.2) is 132 Å². The Bertz CT molecular complexity index is 2180. The summed E-state index contributed by atoms with van der Waals surface area (Å²) < 4.78 is 0. The average molecular weight is 683 g/mol. The van der Waals surface area contributed by atoms with Crippen molar-refractivity contribution < 1.29 is 0 Å².